The smallest absolute Gasteiger partial charge is 0.415 e. The summed E-state index contributed by atoms with van der Waals surface area (Å²) in [7, 11) is 0. The number of amides is 1. The summed E-state index contributed by atoms with van der Waals surface area (Å²) in [5.74, 6) is 0.967. The maximum absolute atomic E-state index is 12.1. The van der Waals surface area contributed by atoms with Crippen LogP contribution in [0.25, 0.3) is 11.3 Å². The molecule has 0 spiro atoms. The monoisotopic (exact) mass is 357 g/mol. The first-order chi connectivity index (χ1) is 12.6. The Hall–Kier alpha value is -2.87. The van der Waals surface area contributed by atoms with Crippen molar-refractivity contribution in [1.82, 2.24) is 10.2 Å². The minimum absolute atomic E-state index is 0.0264. The molecule has 0 radical (unpaired) electrons. The Morgan fingerprint density at radius 3 is 2.77 bits per heavy atom. The lowest BCUT2D eigenvalue weighted by molar-refractivity contribution is -0.384. The summed E-state index contributed by atoms with van der Waals surface area (Å²) < 4.78 is 10.7. The van der Waals surface area contributed by atoms with Crippen LogP contribution in [0.4, 0.5) is 10.5 Å². The minimum atomic E-state index is -0.538. The number of ether oxygens (including phenoxy) is 1. The normalized spacial score (nSPS) is 24.2. The predicted octanol–water partition coefficient (Wildman–Crippen LogP) is 3.04. The number of nitro groups is 1. The molecule has 3 saturated heterocycles. The molecule has 0 aliphatic carbocycles. The van der Waals surface area contributed by atoms with Gasteiger partial charge in [0.05, 0.1) is 4.92 Å². The van der Waals surface area contributed by atoms with Crippen molar-refractivity contribution in [3.05, 3.63) is 46.5 Å². The highest BCUT2D eigenvalue weighted by Gasteiger charge is 2.35. The number of non-ortho nitro benzene ring substituents is 1. The van der Waals surface area contributed by atoms with Gasteiger partial charge in [0.15, 0.2) is 0 Å². The highest BCUT2D eigenvalue weighted by atomic mass is 16.6. The van der Waals surface area contributed by atoms with Crippen LogP contribution in [0.15, 0.2) is 40.8 Å². The zero-order valence-electron chi connectivity index (χ0n) is 14.1. The number of rotatable bonds is 4. The number of fused-ring (bicyclic) bond motifs is 3. The van der Waals surface area contributed by atoms with Crippen LogP contribution >= 0.6 is 0 Å². The van der Waals surface area contributed by atoms with Crippen LogP contribution in [0.3, 0.4) is 0 Å². The maximum Gasteiger partial charge on any atom is 0.415 e. The molecule has 8 nitrogen and oxygen atoms in total. The number of piperidine rings is 3. The lowest BCUT2D eigenvalue weighted by Gasteiger charge is -2.44. The number of nitro benzene ring substituents is 1. The summed E-state index contributed by atoms with van der Waals surface area (Å²) in [5, 5.41) is 13.8. The van der Waals surface area contributed by atoms with Crippen LogP contribution in [0.5, 0.6) is 5.95 Å². The van der Waals surface area contributed by atoms with Gasteiger partial charge in [-0.05, 0) is 37.9 Å². The molecule has 1 amide bonds. The lowest BCUT2D eigenvalue weighted by atomic mass is 9.84. The Morgan fingerprint density at radius 2 is 2.08 bits per heavy atom. The minimum Gasteiger partial charge on any atom is -0.425 e. The van der Waals surface area contributed by atoms with E-state index in [1.165, 1.54) is 18.2 Å². The number of nitrogens with zero attached hydrogens (tertiary/aromatic N) is 2. The summed E-state index contributed by atoms with van der Waals surface area (Å²) in [6, 6.07) is 9.36. The van der Waals surface area contributed by atoms with E-state index in [-0.39, 0.29) is 17.7 Å². The average molecular weight is 357 g/mol. The van der Waals surface area contributed by atoms with Crippen molar-refractivity contribution in [2.24, 2.45) is 5.92 Å². The quantitative estimate of drug-likeness (QED) is 0.667. The number of nitrogens with one attached hydrogen (secondary N) is 1. The highest BCUT2D eigenvalue weighted by Crippen LogP contribution is 2.30. The fraction of sp³-hybridized carbons (Fsp3) is 0.389. The van der Waals surface area contributed by atoms with Gasteiger partial charge in [-0.15, -0.1) is 0 Å². The average Bonchev–Trinajstić information content (AvgIpc) is 3.11. The third-order valence-electron chi connectivity index (χ3n) is 5.08. The molecule has 8 heteroatoms. The Labute approximate surface area is 149 Å². The number of furan rings is 1. The van der Waals surface area contributed by atoms with Crippen molar-refractivity contribution in [3.63, 3.8) is 0 Å². The number of carbonyl (C=O) groups excluding carboxylic acids is 1. The van der Waals surface area contributed by atoms with Gasteiger partial charge in [-0.1, -0.05) is 12.1 Å². The maximum atomic E-state index is 12.1. The first-order valence-electron chi connectivity index (χ1n) is 8.64. The third kappa shape index (κ3) is 3.41. The van der Waals surface area contributed by atoms with E-state index in [9.17, 15) is 14.9 Å². The molecule has 5 rings (SSSR count). The molecule has 1 atom stereocenters. The van der Waals surface area contributed by atoms with Crippen LogP contribution in [-0.2, 0) is 0 Å². The van der Waals surface area contributed by atoms with Gasteiger partial charge >= 0.3 is 6.09 Å². The Bertz CT molecular complexity index is 826. The van der Waals surface area contributed by atoms with Crippen LogP contribution in [-0.4, -0.2) is 41.6 Å². The van der Waals surface area contributed by atoms with Crippen LogP contribution in [0.1, 0.15) is 12.8 Å². The van der Waals surface area contributed by atoms with Crippen molar-refractivity contribution in [2.45, 2.75) is 18.9 Å². The van der Waals surface area contributed by atoms with E-state index in [4.69, 9.17) is 9.15 Å². The van der Waals surface area contributed by atoms with Crippen LogP contribution < -0.4 is 10.1 Å². The van der Waals surface area contributed by atoms with Gasteiger partial charge in [-0.3, -0.25) is 10.1 Å². The van der Waals surface area contributed by atoms with E-state index in [1.54, 1.807) is 18.2 Å². The summed E-state index contributed by atoms with van der Waals surface area (Å²) >= 11 is 0. The molecule has 1 N–H and O–H groups in total. The topological polar surface area (TPSA) is 97.9 Å². The molecule has 3 fully saturated rings. The fourth-order valence-electron chi connectivity index (χ4n) is 3.70. The van der Waals surface area contributed by atoms with Crippen molar-refractivity contribution >= 4 is 11.8 Å². The summed E-state index contributed by atoms with van der Waals surface area (Å²) in [4.78, 5) is 24.9. The highest BCUT2D eigenvalue weighted by molar-refractivity contribution is 5.70. The number of carbonyl (C=O) groups is 1. The van der Waals surface area contributed by atoms with E-state index >= 15 is 0 Å². The molecule has 0 saturated carbocycles. The molecule has 26 heavy (non-hydrogen) atoms. The van der Waals surface area contributed by atoms with Crippen LogP contribution in [0, 0.1) is 16.0 Å². The number of benzene rings is 1. The molecule has 136 valence electrons. The molecular formula is C18H19N3O5. The van der Waals surface area contributed by atoms with E-state index in [1.807, 2.05) is 0 Å². The number of hydrogen-bond acceptors (Lipinski definition) is 6. The van der Waals surface area contributed by atoms with Gasteiger partial charge in [-0.2, -0.15) is 0 Å². The van der Waals surface area contributed by atoms with Gasteiger partial charge in [0.25, 0.3) is 11.6 Å². The largest absolute Gasteiger partial charge is 0.425 e. The standard InChI is InChI=1S/C18H19N3O5/c22-18(19-15-11-20-8-6-12(15)7-9-20)26-17-5-4-16(25-17)13-2-1-3-14(10-13)21(23)24/h1-5,10,12,15H,6-9,11H2,(H,19,22)/t15-/m0/s1. The molecule has 4 heterocycles. The van der Waals surface area contributed by atoms with Crippen molar-refractivity contribution in [3.8, 4) is 17.3 Å². The number of hydrogen-bond donors (Lipinski definition) is 1. The third-order valence-corrected chi connectivity index (χ3v) is 5.08. The van der Waals surface area contributed by atoms with E-state index < -0.39 is 11.0 Å². The zero-order chi connectivity index (χ0) is 18.1. The van der Waals surface area contributed by atoms with Crippen molar-refractivity contribution < 1.29 is 18.9 Å². The Balaban J connectivity index is 1.39. The first-order valence-corrected chi connectivity index (χ1v) is 8.64. The van der Waals surface area contributed by atoms with Gasteiger partial charge in [0.1, 0.15) is 5.76 Å². The van der Waals surface area contributed by atoms with Gasteiger partial charge < -0.3 is 19.4 Å². The predicted molar refractivity (Wildman–Crippen MR) is 92.9 cm³/mol. The second-order valence-electron chi connectivity index (χ2n) is 6.70. The van der Waals surface area contributed by atoms with Crippen molar-refractivity contribution in [1.29, 1.82) is 0 Å². The molecule has 3 aliphatic rings. The van der Waals surface area contributed by atoms with Gasteiger partial charge in [-0.25, -0.2) is 4.79 Å². The summed E-state index contributed by atoms with van der Waals surface area (Å²) in [6.45, 7) is 3.06. The molecule has 1 aromatic carbocycles. The van der Waals surface area contributed by atoms with Crippen LogP contribution in [0.2, 0.25) is 0 Å². The zero-order valence-corrected chi connectivity index (χ0v) is 14.1. The fourth-order valence-corrected chi connectivity index (χ4v) is 3.70. The second kappa shape index (κ2) is 6.80. The molecule has 0 unspecified atom stereocenters. The SMILES string of the molecule is O=C(N[C@H]1CN2CCC1CC2)Oc1ccc(-c2cccc([N+](=O)[O-])c2)o1. The first kappa shape index (κ1) is 16.6. The van der Waals surface area contributed by atoms with E-state index in [0.29, 0.717) is 17.2 Å². The van der Waals surface area contributed by atoms with Gasteiger partial charge in [0.2, 0.25) is 0 Å². The Kier molecular flexibility index (Phi) is 4.34. The van der Waals surface area contributed by atoms with Crippen molar-refractivity contribution in [2.75, 3.05) is 19.6 Å². The molecule has 2 bridgehead atoms. The molecule has 3 aliphatic heterocycles. The molecule has 2 aromatic rings. The molecular weight excluding hydrogens is 338 g/mol. The van der Waals surface area contributed by atoms with E-state index in [0.717, 1.165) is 32.5 Å². The lowest BCUT2D eigenvalue weighted by Crippen LogP contribution is -2.57. The Morgan fingerprint density at radius 1 is 1.27 bits per heavy atom. The summed E-state index contributed by atoms with van der Waals surface area (Å²) in [6.07, 6.45) is 1.66. The van der Waals surface area contributed by atoms with E-state index in [2.05, 4.69) is 10.2 Å². The summed E-state index contributed by atoms with van der Waals surface area (Å²) in [5.41, 5.74) is 0.522. The molecule has 1 aromatic heterocycles. The van der Waals surface area contributed by atoms with Gasteiger partial charge in [0, 0.05) is 36.3 Å². The second-order valence-corrected chi connectivity index (χ2v) is 6.70.